The molecule has 0 rings (SSSR count). The van der Waals surface area contributed by atoms with Crippen molar-refractivity contribution < 1.29 is 18.7 Å². The third-order valence-electron chi connectivity index (χ3n) is 1.23. The molecule has 0 aromatic rings. The average Bonchev–Trinajstić information content (AvgIpc) is 1.99. The van der Waals surface area contributed by atoms with Crippen LogP contribution >= 0.6 is 19.2 Å². The minimum atomic E-state index is -3.65. The summed E-state index contributed by atoms with van der Waals surface area (Å²) in [5.74, 6) is -0.499. The fourth-order valence-corrected chi connectivity index (χ4v) is 2.83. The smallest absolute Gasteiger partial charge is 0.372 e. The molecule has 0 atom stereocenters. The first-order chi connectivity index (χ1) is 6.69. The summed E-state index contributed by atoms with van der Waals surface area (Å²) in [6.07, 6.45) is -0.662. The second-order valence-corrected chi connectivity index (χ2v) is 6.16. The van der Waals surface area contributed by atoms with Crippen molar-refractivity contribution in [1.82, 2.24) is 0 Å². The van der Waals surface area contributed by atoms with Gasteiger partial charge in [0.1, 0.15) is 4.77 Å². The predicted octanol–water partition coefficient (Wildman–Crippen LogP) is 2.82. The fraction of sp³-hybridized carbons (Fsp3) is 0.778. The van der Waals surface area contributed by atoms with E-state index in [4.69, 9.17) is 20.6 Å². The van der Waals surface area contributed by atoms with E-state index in [2.05, 4.69) is 0 Å². The Labute approximate surface area is 95.8 Å². The maximum Gasteiger partial charge on any atom is 0.372 e. The van der Waals surface area contributed by atoms with Gasteiger partial charge in [0.2, 0.25) is 0 Å². The SMILES string of the molecule is C/C([O-])=C(\Cl)P(=O)(OC(C)C)OC(C)C. The summed E-state index contributed by atoms with van der Waals surface area (Å²) in [7, 11) is -3.65. The summed E-state index contributed by atoms with van der Waals surface area (Å²) in [5.41, 5.74) is 0. The van der Waals surface area contributed by atoms with E-state index in [-0.39, 0.29) is 17.0 Å². The number of rotatable bonds is 5. The van der Waals surface area contributed by atoms with Gasteiger partial charge in [-0.25, -0.2) is 0 Å². The van der Waals surface area contributed by atoms with Crippen molar-refractivity contribution in [1.29, 1.82) is 0 Å². The molecule has 0 bridgehead atoms. The van der Waals surface area contributed by atoms with Gasteiger partial charge in [0, 0.05) is 0 Å². The van der Waals surface area contributed by atoms with Crippen LogP contribution in [0.25, 0.3) is 0 Å². The highest BCUT2D eigenvalue weighted by molar-refractivity contribution is 7.61. The molecular weight excluding hydrogens is 239 g/mol. The van der Waals surface area contributed by atoms with E-state index >= 15 is 0 Å². The standard InChI is InChI=1S/C9H18ClO4P/c1-6(2)13-15(12,14-7(3)4)9(10)8(5)11/h6-7,11H,1-5H3/p-1/b9-8-. The molecule has 0 unspecified atom stereocenters. The fourth-order valence-electron chi connectivity index (χ4n) is 0.865. The van der Waals surface area contributed by atoms with E-state index in [0.717, 1.165) is 0 Å². The van der Waals surface area contributed by atoms with Crippen LogP contribution in [0.5, 0.6) is 0 Å². The van der Waals surface area contributed by atoms with Gasteiger partial charge in [0.05, 0.1) is 12.2 Å². The van der Waals surface area contributed by atoms with Gasteiger partial charge in [-0.15, -0.1) is 5.76 Å². The third kappa shape index (κ3) is 5.03. The zero-order valence-electron chi connectivity index (χ0n) is 9.61. The minimum absolute atomic E-state index is 0.331. The molecule has 0 aliphatic carbocycles. The number of hydrogen-bond acceptors (Lipinski definition) is 4. The van der Waals surface area contributed by atoms with E-state index in [0.29, 0.717) is 0 Å². The molecule has 0 aliphatic heterocycles. The largest absolute Gasteiger partial charge is 0.874 e. The zero-order valence-corrected chi connectivity index (χ0v) is 11.3. The maximum atomic E-state index is 12.1. The summed E-state index contributed by atoms with van der Waals surface area (Å²) in [4.78, 5) is 0. The van der Waals surface area contributed by atoms with Crippen LogP contribution in [0.15, 0.2) is 10.5 Å². The van der Waals surface area contributed by atoms with Gasteiger partial charge in [0.25, 0.3) is 0 Å². The van der Waals surface area contributed by atoms with Crippen LogP contribution in [-0.2, 0) is 13.6 Å². The number of hydrogen-bond donors (Lipinski definition) is 0. The Morgan fingerprint density at radius 1 is 1.20 bits per heavy atom. The van der Waals surface area contributed by atoms with E-state index < -0.39 is 13.4 Å². The van der Waals surface area contributed by atoms with Gasteiger partial charge in [0.15, 0.2) is 0 Å². The average molecular weight is 256 g/mol. The third-order valence-corrected chi connectivity index (χ3v) is 4.31. The Balaban J connectivity index is 5.04. The molecule has 0 aromatic heterocycles. The topological polar surface area (TPSA) is 58.6 Å². The van der Waals surface area contributed by atoms with Gasteiger partial charge in [-0.1, -0.05) is 18.5 Å². The van der Waals surface area contributed by atoms with Crippen molar-refractivity contribution in [2.24, 2.45) is 0 Å². The van der Waals surface area contributed by atoms with Crippen LogP contribution in [0.4, 0.5) is 0 Å². The zero-order chi connectivity index (χ0) is 12.2. The maximum absolute atomic E-state index is 12.1. The highest BCUT2D eigenvalue weighted by Crippen LogP contribution is 2.60. The number of allylic oxidation sites excluding steroid dienone is 1. The van der Waals surface area contributed by atoms with Gasteiger partial charge < -0.3 is 14.2 Å². The lowest BCUT2D eigenvalue weighted by molar-refractivity contribution is -0.302. The van der Waals surface area contributed by atoms with Gasteiger partial charge >= 0.3 is 7.60 Å². The minimum Gasteiger partial charge on any atom is -0.874 e. The molecule has 0 heterocycles. The van der Waals surface area contributed by atoms with Crippen LogP contribution < -0.4 is 5.11 Å². The molecule has 4 nitrogen and oxygen atoms in total. The molecule has 0 aromatic carbocycles. The Hall–Kier alpha value is -0.0200. The lowest BCUT2D eigenvalue weighted by Gasteiger charge is -2.24. The molecule has 0 fully saturated rings. The highest BCUT2D eigenvalue weighted by atomic mass is 35.5. The van der Waals surface area contributed by atoms with Crippen molar-refractivity contribution >= 4 is 19.2 Å². The first-order valence-electron chi connectivity index (χ1n) is 4.70. The first kappa shape index (κ1) is 15.0. The van der Waals surface area contributed by atoms with Crippen molar-refractivity contribution in [2.75, 3.05) is 0 Å². The molecule has 15 heavy (non-hydrogen) atoms. The summed E-state index contributed by atoms with van der Waals surface area (Å²) in [5, 5.41) is 11.1. The Morgan fingerprint density at radius 3 is 1.73 bits per heavy atom. The van der Waals surface area contributed by atoms with E-state index in [1.165, 1.54) is 6.92 Å². The molecule has 6 heteroatoms. The Morgan fingerprint density at radius 2 is 1.53 bits per heavy atom. The van der Waals surface area contributed by atoms with Crippen molar-refractivity contribution in [2.45, 2.75) is 46.8 Å². The number of halogens is 1. The van der Waals surface area contributed by atoms with Crippen LogP contribution in [0, 0.1) is 0 Å². The second kappa shape index (κ2) is 5.90. The Kier molecular flexibility index (Phi) is 5.89. The molecule has 0 amide bonds. The Bertz CT molecular complexity index is 268. The normalized spacial score (nSPS) is 14.7. The van der Waals surface area contributed by atoms with Crippen molar-refractivity contribution in [3.63, 3.8) is 0 Å². The van der Waals surface area contributed by atoms with E-state index in [1.54, 1.807) is 27.7 Å². The van der Waals surface area contributed by atoms with Gasteiger partial charge in [-0.05, 0) is 27.7 Å². The van der Waals surface area contributed by atoms with Crippen molar-refractivity contribution in [3.8, 4) is 0 Å². The molecule has 0 aliphatic rings. The second-order valence-electron chi connectivity index (χ2n) is 3.65. The molecule has 0 saturated carbocycles. The highest BCUT2D eigenvalue weighted by Gasteiger charge is 2.31. The molecular formula is C9H17ClO4P-. The van der Waals surface area contributed by atoms with Crippen LogP contribution in [0.3, 0.4) is 0 Å². The van der Waals surface area contributed by atoms with E-state index in [9.17, 15) is 9.67 Å². The lowest BCUT2D eigenvalue weighted by atomic mass is 10.5. The monoisotopic (exact) mass is 255 g/mol. The van der Waals surface area contributed by atoms with E-state index in [1.807, 2.05) is 0 Å². The summed E-state index contributed by atoms with van der Waals surface area (Å²) in [6.45, 7) is 8.00. The molecule has 0 saturated heterocycles. The first-order valence-corrected chi connectivity index (χ1v) is 6.62. The molecule has 0 N–H and O–H groups in total. The molecule has 0 spiro atoms. The lowest BCUT2D eigenvalue weighted by Crippen LogP contribution is -2.11. The predicted molar refractivity (Wildman–Crippen MR) is 58.6 cm³/mol. The van der Waals surface area contributed by atoms with Crippen LogP contribution in [0.1, 0.15) is 34.6 Å². The summed E-state index contributed by atoms with van der Waals surface area (Å²) < 4.78 is 22.0. The van der Waals surface area contributed by atoms with Gasteiger partial charge in [-0.2, -0.15) is 0 Å². The van der Waals surface area contributed by atoms with Gasteiger partial charge in [-0.3, -0.25) is 4.57 Å². The van der Waals surface area contributed by atoms with Crippen molar-refractivity contribution in [3.05, 3.63) is 10.5 Å². The van der Waals surface area contributed by atoms with Crippen LogP contribution in [0.2, 0.25) is 0 Å². The summed E-state index contributed by atoms with van der Waals surface area (Å²) >= 11 is 5.67. The molecule has 0 radical (unpaired) electrons. The quantitative estimate of drug-likeness (QED) is 0.560. The molecule has 90 valence electrons. The summed E-state index contributed by atoms with van der Waals surface area (Å²) in [6, 6.07) is 0. The van der Waals surface area contributed by atoms with Crippen LogP contribution in [-0.4, -0.2) is 12.2 Å².